The molecule has 3 heteroatoms. The fourth-order valence-corrected chi connectivity index (χ4v) is 3.64. The molecule has 0 aromatic heterocycles. The van der Waals surface area contributed by atoms with Crippen molar-refractivity contribution in [1.82, 2.24) is 0 Å². The summed E-state index contributed by atoms with van der Waals surface area (Å²) < 4.78 is 0. The molecule has 1 aliphatic carbocycles. The molecule has 0 spiro atoms. The molecule has 1 fully saturated rings. The number of nitrogens with zero attached hydrogens (tertiary/aromatic N) is 1. The summed E-state index contributed by atoms with van der Waals surface area (Å²) in [7, 11) is 0. The van der Waals surface area contributed by atoms with Gasteiger partial charge in [-0.3, -0.25) is 4.79 Å². The smallest absolute Gasteiger partial charge is 0.227 e. The van der Waals surface area contributed by atoms with Crippen molar-refractivity contribution in [3.63, 3.8) is 0 Å². The van der Waals surface area contributed by atoms with Gasteiger partial charge in [0.15, 0.2) is 0 Å². The summed E-state index contributed by atoms with van der Waals surface area (Å²) in [5.74, 6) is 0.269. The van der Waals surface area contributed by atoms with Crippen LogP contribution >= 0.6 is 0 Å². The largest absolute Gasteiger partial charge is 0.330 e. The van der Waals surface area contributed by atoms with Crippen molar-refractivity contribution in [1.29, 1.82) is 0 Å². The van der Waals surface area contributed by atoms with E-state index >= 15 is 0 Å². The molecular formula is C17H24N2O. The van der Waals surface area contributed by atoms with E-state index in [9.17, 15) is 4.79 Å². The van der Waals surface area contributed by atoms with Crippen LogP contribution in [0.1, 0.15) is 43.2 Å². The molecule has 1 aromatic rings. The van der Waals surface area contributed by atoms with Crippen molar-refractivity contribution in [2.75, 3.05) is 18.0 Å². The van der Waals surface area contributed by atoms with Gasteiger partial charge in [-0.15, -0.1) is 0 Å². The van der Waals surface area contributed by atoms with Gasteiger partial charge in [0.1, 0.15) is 0 Å². The zero-order chi connectivity index (χ0) is 14.2. The van der Waals surface area contributed by atoms with Crippen LogP contribution in [0.2, 0.25) is 0 Å². The summed E-state index contributed by atoms with van der Waals surface area (Å²) in [4.78, 5) is 14.8. The highest BCUT2D eigenvalue weighted by atomic mass is 16.2. The van der Waals surface area contributed by atoms with Gasteiger partial charge < -0.3 is 10.6 Å². The average molecular weight is 272 g/mol. The summed E-state index contributed by atoms with van der Waals surface area (Å²) >= 11 is 0. The van der Waals surface area contributed by atoms with E-state index in [1.165, 1.54) is 17.5 Å². The van der Waals surface area contributed by atoms with Crippen LogP contribution < -0.4 is 10.6 Å². The molecule has 1 heterocycles. The summed E-state index contributed by atoms with van der Waals surface area (Å²) in [6, 6.07) is 6.35. The molecule has 1 aliphatic heterocycles. The van der Waals surface area contributed by atoms with E-state index in [-0.39, 0.29) is 11.3 Å². The van der Waals surface area contributed by atoms with Gasteiger partial charge >= 0.3 is 0 Å². The number of benzene rings is 1. The number of fused-ring (bicyclic) bond motifs is 1. The minimum absolute atomic E-state index is 0.0946. The molecular weight excluding hydrogens is 248 g/mol. The maximum Gasteiger partial charge on any atom is 0.227 e. The fraction of sp³-hybridized carbons (Fsp3) is 0.588. The minimum atomic E-state index is 0.0946. The molecule has 0 radical (unpaired) electrons. The van der Waals surface area contributed by atoms with Crippen LogP contribution in [-0.4, -0.2) is 19.0 Å². The van der Waals surface area contributed by atoms with Crippen LogP contribution in [-0.2, 0) is 11.2 Å². The molecule has 0 saturated heterocycles. The van der Waals surface area contributed by atoms with Gasteiger partial charge in [0.25, 0.3) is 0 Å². The molecule has 0 atom stereocenters. The first kappa shape index (κ1) is 13.6. The fourth-order valence-electron chi connectivity index (χ4n) is 3.64. The second-order valence-corrected chi connectivity index (χ2v) is 6.47. The third kappa shape index (κ3) is 2.24. The SMILES string of the molecule is Cc1cccc2c1N(C(=O)CC1(CN)CCC1)CCC2. The number of carbonyl (C=O) groups excluding carboxylic acids is 1. The number of aryl methyl sites for hydroxylation is 2. The van der Waals surface area contributed by atoms with Crippen LogP contribution in [0.3, 0.4) is 0 Å². The Labute approximate surface area is 121 Å². The van der Waals surface area contributed by atoms with E-state index in [1.54, 1.807) is 0 Å². The van der Waals surface area contributed by atoms with Crippen LogP contribution in [0, 0.1) is 12.3 Å². The third-order valence-corrected chi connectivity index (χ3v) is 5.09. The predicted octanol–water partition coefficient (Wildman–Crippen LogP) is 2.79. The highest BCUT2D eigenvalue weighted by Gasteiger charge is 2.39. The number of anilines is 1. The Balaban J connectivity index is 1.83. The van der Waals surface area contributed by atoms with E-state index in [0.717, 1.165) is 37.9 Å². The number of para-hydroxylation sites is 1. The first-order valence-electron chi connectivity index (χ1n) is 7.74. The standard InChI is InChI=1S/C17H24N2O/c1-13-5-2-6-14-7-3-10-19(16(13)14)15(20)11-17(12-18)8-4-9-17/h2,5-6H,3-4,7-12,18H2,1H3. The summed E-state index contributed by atoms with van der Waals surface area (Å²) in [6.07, 6.45) is 6.23. The van der Waals surface area contributed by atoms with Gasteiger partial charge in [-0.05, 0) is 55.7 Å². The molecule has 1 amide bonds. The minimum Gasteiger partial charge on any atom is -0.330 e. The Hall–Kier alpha value is -1.35. The summed E-state index contributed by atoms with van der Waals surface area (Å²) in [6.45, 7) is 3.61. The second-order valence-electron chi connectivity index (χ2n) is 6.47. The molecule has 1 aromatic carbocycles. The van der Waals surface area contributed by atoms with Crippen molar-refractivity contribution in [3.8, 4) is 0 Å². The lowest BCUT2D eigenvalue weighted by Gasteiger charge is -2.42. The molecule has 0 bridgehead atoms. The number of rotatable bonds is 3. The zero-order valence-electron chi connectivity index (χ0n) is 12.3. The van der Waals surface area contributed by atoms with Gasteiger partial charge in [0, 0.05) is 18.7 Å². The average Bonchev–Trinajstić information content (AvgIpc) is 2.42. The molecule has 3 nitrogen and oxygen atoms in total. The Morgan fingerprint density at radius 2 is 2.15 bits per heavy atom. The van der Waals surface area contributed by atoms with Crippen molar-refractivity contribution in [2.45, 2.75) is 45.4 Å². The maximum atomic E-state index is 12.8. The van der Waals surface area contributed by atoms with E-state index in [2.05, 4.69) is 25.1 Å². The molecule has 0 unspecified atom stereocenters. The highest BCUT2D eigenvalue weighted by molar-refractivity contribution is 5.95. The van der Waals surface area contributed by atoms with Gasteiger partial charge in [-0.2, -0.15) is 0 Å². The van der Waals surface area contributed by atoms with Gasteiger partial charge in [0.2, 0.25) is 5.91 Å². The topological polar surface area (TPSA) is 46.3 Å². The van der Waals surface area contributed by atoms with Gasteiger partial charge in [-0.25, -0.2) is 0 Å². The third-order valence-electron chi connectivity index (χ3n) is 5.09. The lowest BCUT2D eigenvalue weighted by Crippen LogP contribution is -2.44. The Bertz CT molecular complexity index is 514. The number of nitrogens with two attached hydrogens (primary N) is 1. The first-order valence-corrected chi connectivity index (χ1v) is 7.74. The lowest BCUT2D eigenvalue weighted by atomic mass is 9.66. The van der Waals surface area contributed by atoms with Crippen molar-refractivity contribution < 1.29 is 4.79 Å². The van der Waals surface area contributed by atoms with Crippen LogP contribution in [0.4, 0.5) is 5.69 Å². The molecule has 2 N–H and O–H groups in total. The Kier molecular flexibility index (Phi) is 3.55. The van der Waals surface area contributed by atoms with Crippen LogP contribution in [0.25, 0.3) is 0 Å². The van der Waals surface area contributed by atoms with E-state index in [0.29, 0.717) is 13.0 Å². The maximum absolute atomic E-state index is 12.8. The molecule has 20 heavy (non-hydrogen) atoms. The monoisotopic (exact) mass is 272 g/mol. The van der Waals surface area contributed by atoms with Crippen molar-refractivity contribution in [3.05, 3.63) is 29.3 Å². The predicted molar refractivity (Wildman–Crippen MR) is 81.8 cm³/mol. The second kappa shape index (κ2) is 5.21. The highest BCUT2D eigenvalue weighted by Crippen LogP contribution is 2.44. The van der Waals surface area contributed by atoms with Gasteiger partial charge in [0.05, 0.1) is 0 Å². The van der Waals surface area contributed by atoms with Crippen LogP contribution in [0.5, 0.6) is 0 Å². The van der Waals surface area contributed by atoms with Crippen molar-refractivity contribution in [2.24, 2.45) is 11.1 Å². The van der Waals surface area contributed by atoms with Crippen molar-refractivity contribution >= 4 is 11.6 Å². The van der Waals surface area contributed by atoms with E-state index in [4.69, 9.17) is 5.73 Å². The Morgan fingerprint density at radius 3 is 2.80 bits per heavy atom. The van der Waals surface area contributed by atoms with Gasteiger partial charge in [-0.1, -0.05) is 24.6 Å². The molecule has 1 saturated carbocycles. The number of hydrogen-bond acceptors (Lipinski definition) is 2. The summed E-state index contributed by atoms with van der Waals surface area (Å²) in [5.41, 5.74) is 9.69. The normalized spacial score (nSPS) is 20.2. The molecule has 2 aliphatic rings. The quantitative estimate of drug-likeness (QED) is 0.919. The lowest BCUT2D eigenvalue weighted by molar-refractivity contribution is -0.122. The first-order chi connectivity index (χ1) is 9.65. The van der Waals surface area contributed by atoms with E-state index in [1.807, 2.05) is 4.90 Å². The van der Waals surface area contributed by atoms with E-state index < -0.39 is 0 Å². The zero-order valence-corrected chi connectivity index (χ0v) is 12.3. The van der Waals surface area contributed by atoms with Crippen LogP contribution in [0.15, 0.2) is 18.2 Å². The summed E-state index contributed by atoms with van der Waals surface area (Å²) in [5, 5.41) is 0. The molecule has 3 rings (SSSR count). The number of amides is 1. The number of hydrogen-bond donors (Lipinski definition) is 1. The number of carbonyl (C=O) groups is 1. The Morgan fingerprint density at radius 1 is 1.35 bits per heavy atom. The molecule has 108 valence electrons.